The SMILES string of the molecule is C=CCN(CC(=O)O)C(=O)CCn1cccn1. The predicted octanol–water partition coefficient (Wildman–Crippen LogP) is 0.372. The van der Waals surface area contributed by atoms with E-state index in [1.807, 2.05) is 0 Å². The third-order valence-corrected chi connectivity index (χ3v) is 2.14. The van der Waals surface area contributed by atoms with E-state index in [2.05, 4.69) is 11.7 Å². The third kappa shape index (κ3) is 4.50. The van der Waals surface area contributed by atoms with Crippen LogP contribution in [0.5, 0.6) is 0 Å². The van der Waals surface area contributed by atoms with Crippen LogP contribution in [0.3, 0.4) is 0 Å². The van der Waals surface area contributed by atoms with Gasteiger partial charge in [-0.1, -0.05) is 6.08 Å². The molecule has 0 atom stereocenters. The third-order valence-electron chi connectivity index (χ3n) is 2.14. The minimum Gasteiger partial charge on any atom is -0.480 e. The average molecular weight is 237 g/mol. The number of nitrogens with zero attached hydrogens (tertiary/aromatic N) is 3. The van der Waals surface area contributed by atoms with E-state index in [4.69, 9.17) is 5.11 Å². The summed E-state index contributed by atoms with van der Waals surface area (Å²) in [6, 6.07) is 1.77. The van der Waals surface area contributed by atoms with E-state index in [1.54, 1.807) is 23.1 Å². The fraction of sp³-hybridized carbons (Fsp3) is 0.364. The molecule has 0 radical (unpaired) electrons. The van der Waals surface area contributed by atoms with Gasteiger partial charge >= 0.3 is 5.97 Å². The molecule has 92 valence electrons. The van der Waals surface area contributed by atoms with Crippen LogP contribution >= 0.6 is 0 Å². The largest absolute Gasteiger partial charge is 0.480 e. The first-order chi connectivity index (χ1) is 8.13. The molecule has 0 spiro atoms. The van der Waals surface area contributed by atoms with Crippen molar-refractivity contribution in [1.82, 2.24) is 14.7 Å². The maximum Gasteiger partial charge on any atom is 0.323 e. The van der Waals surface area contributed by atoms with E-state index in [0.29, 0.717) is 6.54 Å². The van der Waals surface area contributed by atoms with Crippen LogP contribution < -0.4 is 0 Å². The number of carbonyl (C=O) groups excluding carboxylic acids is 1. The summed E-state index contributed by atoms with van der Waals surface area (Å²) in [6.45, 7) is 3.88. The summed E-state index contributed by atoms with van der Waals surface area (Å²) in [5, 5.41) is 12.6. The zero-order valence-electron chi connectivity index (χ0n) is 9.45. The lowest BCUT2D eigenvalue weighted by molar-refractivity contribution is -0.144. The summed E-state index contributed by atoms with van der Waals surface area (Å²) < 4.78 is 1.63. The molecule has 0 saturated heterocycles. The van der Waals surface area contributed by atoms with Crippen molar-refractivity contribution in [2.75, 3.05) is 13.1 Å². The Hall–Kier alpha value is -2.11. The van der Waals surface area contributed by atoms with Gasteiger partial charge in [0, 0.05) is 31.9 Å². The summed E-state index contributed by atoms with van der Waals surface area (Å²) in [6.07, 6.45) is 5.11. The highest BCUT2D eigenvalue weighted by atomic mass is 16.4. The molecule has 0 aliphatic rings. The Morgan fingerprint density at radius 1 is 1.53 bits per heavy atom. The second kappa shape index (κ2) is 6.47. The van der Waals surface area contributed by atoms with Gasteiger partial charge in [0.1, 0.15) is 6.54 Å². The Balaban J connectivity index is 2.46. The van der Waals surface area contributed by atoms with Gasteiger partial charge in [-0.05, 0) is 6.07 Å². The summed E-state index contributed by atoms with van der Waals surface area (Å²) >= 11 is 0. The van der Waals surface area contributed by atoms with Gasteiger partial charge in [0.05, 0.1) is 0 Å². The molecule has 1 amide bonds. The number of aryl methyl sites for hydroxylation is 1. The molecule has 6 heteroatoms. The Labute approximate surface area is 99.1 Å². The predicted molar refractivity (Wildman–Crippen MR) is 61.3 cm³/mol. The van der Waals surface area contributed by atoms with Gasteiger partial charge in [-0.25, -0.2) is 0 Å². The van der Waals surface area contributed by atoms with E-state index >= 15 is 0 Å². The Morgan fingerprint density at radius 3 is 2.82 bits per heavy atom. The van der Waals surface area contributed by atoms with Gasteiger partial charge in [-0.15, -0.1) is 6.58 Å². The van der Waals surface area contributed by atoms with Crippen molar-refractivity contribution in [2.24, 2.45) is 0 Å². The Morgan fingerprint density at radius 2 is 2.29 bits per heavy atom. The normalized spacial score (nSPS) is 9.88. The molecular weight excluding hydrogens is 222 g/mol. The highest BCUT2D eigenvalue weighted by Crippen LogP contribution is 1.98. The topological polar surface area (TPSA) is 75.4 Å². The first-order valence-corrected chi connectivity index (χ1v) is 5.21. The molecule has 6 nitrogen and oxygen atoms in total. The van der Waals surface area contributed by atoms with E-state index in [9.17, 15) is 9.59 Å². The van der Waals surface area contributed by atoms with Crippen molar-refractivity contribution in [3.05, 3.63) is 31.1 Å². The summed E-state index contributed by atoms with van der Waals surface area (Å²) in [7, 11) is 0. The Bertz CT molecular complexity index is 387. The zero-order chi connectivity index (χ0) is 12.7. The van der Waals surface area contributed by atoms with E-state index < -0.39 is 5.97 Å². The van der Waals surface area contributed by atoms with Gasteiger partial charge in [-0.3, -0.25) is 14.3 Å². The maximum absolute atomic E-state index is 11.7. The molecule has 1 heterocycles. The quantitative estimate of drug-likeness (QED) is 0.695. The van der Waals surface area contributed by atoms with Crippen LogP contribution in [0.15, 0.2) is 31.1 Å². The van der Waals surface area contributed by atoms with Gasteiger partial charge in [-0.2, -0.15) is 5.10 Å². The van der Waals surface area contributed by atoms with Crippen molar-refractivity contribution in [3.63, 3.8) is 0 Å². The van der Waals surface area contributed by atoms with Crippen molar-refractivity contribution in [3.8, 4) is 0 Å². The number of carbonyl (C=O) groups is 2. The molecule has 0 fully saturated rings. The molecule has 0 aliphatic heterocycles. The van der Waals surface area contributed by atoms with Crippen LogP contribution in [0.25, 0.3) is 0 Å². The number of rotatable bonds is 7. The van der Waals surface area contributed by atoms with E-state index in [-0.39, 0.29) is 25.4 Å². The second-order valence-electron chi connectivity index (χ2n) is 3.48. The molecule has 1 rings (SSSR count). The zero-order valence-corrected chi connectivity index (χ0v) is 9.45. The summed E-state index contributed by atoms with van der Waals surface area (Å²) in [4.78, 5) is 23.6. The lowest BCUT2D eigenvalue weighted by atomic mass is 10.3. The highest BCUT2D eigenvalue weighted by molar-refractivity contribution is 5.81. The number of aromatic nitrogens is 2. The standard InChI is InChI=1S/C11H15N3O3/c1-2-6-13(9-11(16)17)10(15)4-8-14-7-3-5-12-14/h2-3,5,7H,1,4,6,8-9H2,(H,16,17). The van der Waals surface area contributed by atoms with Crippen molar-refractivity contribution in [2.45, 2.75) is 13.0 Å². The second-order valence-corrected chi connectivity index (χ2v) is 3.48. The number of hydrogen-bond donors (Lipinski definition) is 1. The van der Waals surface area contributed by atoms with Gasteiger partial charge in [0.15, 0.2) is 0 Å². The first-order valence-electron chi connectivity index (χ1n) is 5.21. The van der Waals surface area contributed by atoms with Crippen LogP contribution in [-0.2, 0) is 16.1 Å². The van der Waals surface area contributed by atoms with Crippen molar-refractivity contribution >= 4 is 11.9 Å². The fourth-order valence-corrected chi connectivity index (χ4v) is 1.37. The van der Waals surface area contributed by atoms with Crippen LogP contribution in [0, 0.1) is 0 Å². The molecule has 0 saturated carbocycles. The molecule has 1 aromatic rings. The molecule has 17 heavy (non-hydrogen) atoms. The molecule has 0 aliphatic carbocycles. The van der Waals surface area contributed by atoms with Crippen molar-refractivity contribution in [1.29, 1.82) is 0 Å². The summed E-state index contributed by atoms with van der Waals surface area (Å²) in [5.74, 6) is -1.25. The van der Waals surface area contributed by atoms with Gasteiger partial charge in [0.25, 0.3) is 0 Å². The molecule has 0 unspecified atom stereocenters. The lowest BCUT2D eigenvalue weighted by Gasteiger charge is -2.18. The molecule has 1 N–H and O–H groups in total. The highest BCUT2D eigenvalue weighted by Gasteiger charge is 2.14. The molecule has 0 aromatic carbocycles. The smallest absolute Gasteiger partial charge is 0.323 e. The molecular formula is C11H15N3O3. The molecule has 1 aromatic heterocycles. The Kier molecular flexibility index (Phi) is 4.93. The number of hydrogen-bond acceptors (Lipinski definition) is 3. The monoisotopic (exact) mass is 237 g/mol. The number of carboxylic acids is 1. The summed E-state index contributed by atoms with van der Waals surface area (Å²) in [5.41, 5.74) is 0. The number of aliphatic carboxylic acids is 1. The first kappa shape index (κ1) is 13.0. The van der Waals surface area contributed by atoms with Crippen molar-refractivity contribution < 1.29 is 14.7 Å². The van der Waals surface area contributed by atoms with Crippen LogP contribution in [0.2, 0.25) is 0 Å². The van der Waals surface area contributed by atoms with Gasteiger partial charge in [0.2, 0.25) is 5.91 Å². The minimum atomic E-state index is -1.03. The van der Waals surface area contributed by atoms with Gasteiger partial charge < -0.3 is 10.0 Å². The number of carboxylic acid groups (broad SMARTS) is 1. The average Bonchev–Trinajstić information content (AvgIpc) is 2.77. The molecule has 0 bridgehead atoms. The maximum atomic E-state index is 11.7. The fourth-order valence-electron chi connectivity index (χ4n) is 1.37. The van der Waals surface area contributed by atoms with Crippen LogP contribution in [0.4, 0.5) is 0 Å². The number of amides is 1. The lowest BCUT2D eigenvalue weighted by Crippen LogP contribution is -2.36. The minimum absolute atomic E-state index is 0.220. The van der Waals surface area contributed by atoms with Crippen LogP contribution in [-0.4, -0.2) is 44.8 Å². The van der Waals surface area contributed by atoms with E-state index in [0.717, 1.165) is 0 Å². The van der Waals surface area contributed by atoms with Crippen LogP contribution in [0.1, 0.15) is 6.42 Å². The van der Waals surface area contributed by atoms with E-state index in [1.165, 1.54) is 11.0 Å².